The fraction of sp³-hybridized carbons (Fsp3) is 0.667. The normalized spacial score (nSPS) is 22.5. The van der Waals surface area contributed by atoms with Crippen LogP contribution in [0, 0.1) is 5.41 Å². The van der Waals surface area contributed by atoms with Gasteiger partial charge in [-0.25, -0.2) is 0 Å². The lowest BCUT2D eigenvalue weighted by Gasteiger charge is -2.27. The Morgan fingerprint density at radius 1 is 1.52 bits per heavy atom. The first-order valence-corrected chi connectivity index (χ1v) is 8.31. The third-order valence-corrected chi connectivity index (χ3v) is 4.86. The molecule has 1 unspecified atom stereocenters. The Kier molecular flexibility index (Phi) is 6.48. The smallest absolute Gasteiger partial charge is 0.191 e. The molecule has 2 rings (SSSR count). The Bertz CT molecular complexity index is 428. The number of rotatable bonds is 7. The predicted molar refractivity (Wildman–Crippen MR) is 87.0 cm³/mol. The number of ether oxygens (including phenoxy) is 1. The summed E-state index contributed by atoms with van der Waals surface area (Å²) in [4.78, 5) is 5.63. The van der Waals surface area contributed by atoms with Crippen LogP contribution in [0.2, 0.25) is 0 Å². The van der Waals surface area contributed by atoms with Gasteiger partial charge >= 0.3 is 0 Å². The summed E-state index contributed by atoms with van der Waals surface area (Å²) in [6, 6.07) is 4.22. The fourth-order valence-electron chi connectivity index (χ4n) is 2.56. The number of hydrogen-bond donors (Lipinski definition) is 3. The minimum atomic E-state index is 0.0418. The molecule has 1 saturated heterocycles. The SMILES string of the molecule is CN=C(NCCc1cccs1)NCC1(CCO)CCOC1. The van der Waals surface area contributed by atoms with Gasteiger partial charge < -0.3 is 20.5 Å². The van der Waals surface area contributed by atoms with E-state index in [4.69, 9.17) is 4.74 Å². The molecule has 0 radical (unpaired) electrons. The maximum absolute atomic E-state index is 9.23. The van der Waals surface area contributed by atoms with Crippen LogP contribution in [0.3, 0.4) is 0 Å². The second-order valence-corrected chi connectivity index (χ2v) is 6.49. The van der Waals surface area contributed by atoms with Gasteiger partial charge in [-0.1, -0.05) is 6.07 Å². The molecular weight excluding hydrogens is 286 g/mol. The lowest BCUT2D eigenvalue weighted by Crippen LogP contribution is -2.44. The maximum atomic E-state index is 9.23. The second kappa shape index (κ2) is 8.36. The molecule has 1 aromatic rings. The molecule has 1 fully saturated rings. The summed E-state index contributed by atoms with van der Waals surface area (Å²) in [5, 5.41) is 18.0. The van der Waals surface area contributed by atoms with Gasteiger partial charge in [-0.2, -0.15) is 0 Å². The van der Waals surface area contributed by atoms with E-state index in [1.807, 2.05) is 0 Å². The standard InChI is InChI=1S/C15H25N3O2S/c1-16-14(17-7-4-13-3-2-10-21-13)18-11-15(5-8-19)6-9-20-12-15/h2-3,10,19H,4-9,11-12H2,1H3,(H2,16,17,18). The van der Waals surface area contributed by atoms with Gasteiger partial charge in [0.2, 0.25) is 0 Å². The van der Waals surface area contributed by atoms with Crippen LogP contribution in [0.1, 0.15) is 17.7 Å². The Labute approximate surface area is 130 Å². The van der Waals surface area contributed by atoms with Crippen LogP contribution in [0.5, 0.6) is 0 Å². The van der Waals surface area contributed by atoms with Crippen molar-refractivity contribution in [1.29, 1.82) is 0 Å². The molecule has 0 amide bonds. The van der Waals surface area contributed by atoms with Crippen molar-refractivity contribution in [2.75, 3.05) is 40.0 Å². The van der Waals surface area contributed by atoms with Crippen LogP contribution in [0.4, 0.5) is 0 Å². The summed E-state index contributed by atoms with van der Waals surface area (Å²) in [5.41, 5.74) is 0.0418. The van der Waals surface area contributed by atoms with E-state index in [1.165, 1.54) is 4.88 Å². The number of nitrogens with zero attached hydrogens (tertiary/aromatic N) is 1. The summed E-state index contributed by atoms with van der Waals surface area (Å²) >= 11 is 1.78. The van der Waals surface area contributed by atoms with Crippen LogP contribution in [0.25, 0.3) is 0 Å². The zero-order valence-corrected chi connectivity index (χ0v) is 13.4. The van der Waals surface area contributed by atoms with Crippen LogP contribution in [0.15, 0.2) is 22.5 Å². The first-order valence-electron chi connectivity index (χ1n) is 7.43. The van der Waals surface area contributed by atoms with E-state index in [2.05, 4.69) is 33.1 Å². The molecule has 0 spiro atoms. The summed E-state index contributed by atoms with van der Waals surface area (Å²) in [7, 11) is 1.78. The van der Waals surface area contributed by atoms with Gasteiger partial charge in [0.05, 0.1) is 6.61 Å². The molecule has 1 aliphatic heterocycles. The van der Waals surface area contributed by atoms with Crippen LogP contribution >= 0.6 is 11.3 Å². The van der Waals surface area contributed by atoms with Gasteiger partial charge in [0.25, 0.3) is 0 Å². The zero-order chi connectivity index (χ0) is 15.0. The number of aliphatic hydroxyl groups is 1. The van der Waals surface area contributed by atoms with E-state index in [9.17, 15) is 5.11 Å². The molecule has 6 heteroatoms. The van der Waals surface area contributed by atoms with Gasteiger partial charge in [-0.3, -0.25) is 4.99 Å². The van der Waals surface area contributed by atoms with E-state index in [0.717, 1.165) is 44.9 Å². The third kappa shape index (κ3) is 4.98. The monoisotopic (exact) mass is 311 g/mol. The molecule has 0 aromatic carbocycles. The van der Waals surface area contributed by atoms with Gasteiger partial charge in [-0.15, -0.1) is 11.3 Å². The molecule has 0 bridgehead atoms. The highest BCUT2D eigenvalue weighted by Gasteiger charge is 2.34. The Balaban J connectivity index is 1.74. The van der Waals surface area contributed by atoms with E-state index in [0.29, 0.717) is 6.61 Å². The average molecular weight is 311 g/mol. The lowest BCUT2D eigenvalue weighted by molar-refractivity contribution is 0.127. The minimum absolute atomic E-state index is 0.0418. The number of guanidine groups is 1. The van der Waals surface area contributed by atoms with Gasteiger partial charge in [0, 0.05) is 43.6 Å². The Morgan fingerprint density at radius 2 is 2.43 bits per heavy atom. The Morgan fingerprint density at radius 3 is 3.05 bits per heavy atom. The van der Waals surface area contributed by atoms with Crippen LogP contribution in [-0.4, -0.2) is 51.0 Å². The largest absolute Gasteiger partial charge is 0.396 e. The molecule has 1 aromatic heterocycles. The van der Waals surface area contributed by atoms with E-state index < -0.39 is 0 Å². The van der Waals surface area contributed by atoms with Crippen molar-refractivity contribution in [3.05, 3.63) is 22.4 Å². The molecule has 118 valence electrons. The molecule has 0 aliphatic carbocycles. The number of aliphatic hydroxyl groups excluding tert-OH is 1. The van der Waals surface area contributed by atoms with Crippen molar-refractivity contribution in [3.63, 3.8) is 0 Å². The first kappa shape index (κ1) is 16.3. The van der Waals surface area contributed by atoms with Crippen LogP contribution < -0.4 is 10.6 Å². The first-order chi connectivity index (χ1) is 10.3. The van der Waals surface area contributed by atoms with Crippen molar-refractivity contribution in [3.8, 4) is 0 Å². The number of hydrogen-bond acceptors (Lipinski definition) is 4. The van der Waals surface area contributed by atoms with Crippen molar-refractivity contribution < 1.29 is 9.84 Å². The van der Waals surface area contributed by atoms with Crippen molar-refractivity contribution in [2.45, 2.75) is 19.3 Å². The molecule has 0 saturated carbocycles. The second-order valence-electron chi connectivity index (χ2n) is 5.46. The molecule has 1 atom stereocenters. The Hall–Kier alpha value is -1.11. The number of nitrogens with one attached hydrogen (secondary N) is 2. The van der Waals surface area contributed by atoms with Gasteiger partial charge in [0.15, 0.2) is 5.96 Å². The fourth-order valence-corrected chi connectivity index (χ4v) is 3.27. The predicted octanol–water partition coefficient (Wildman–Crippen LogP) is 1.24. The summed E-state index contributed by atoms with van der Waals surface area (Å²) in [6.45, 7) is 3.35. The highest BCUT2D eigenvalue weighted by atomic mass is 32.1. The lowest BCUT2D eigenvalue weighted by atomic mass is 9.84. The number of aliphatic imine (C=N–C) groups is 1. The maximum Gasteiger partial charge on any atom is 0.191 e. The number of thiophene rings is 1. The van der Waals surface area contributed by atoms with E-state index >= 15 is 0 Å². The van der Waals surface area contributed by atoms with Gasteiger partial charge in [0.1, 0.15) is 0 Å². The van der Waals surface area contributed by atoms with Crippen LogP contribution in [-0.2, 0) is 11.2 Å². The molecule has 1 aliphatic rings. The molecule has 21 heavy (non-hydrogen) atoms. The topological polar surface area (TPSA) is 65.9 Å². The van der Waals surface area contributed by atoms with Crippen molar-refractivity contribution >= 4 is 17.3 Å². The molecule has 3 N–H and O–H groups in total. The molecule has 2 heterocycles. The van der Waals surface area contributed by atoms with E-state index in [-0.39, 0.29) is 12.0 Å². The average Bonchev–Trinajstić information content (AvgIpc) is 3.15. The third-order valence-electron chi connectivity index (χ3n) is 3.93. The highest BCUT2D eigenvalue weighted by molar-refractivity contribution is 7.09. The molecular formula is C15H25N3O2S. The molecule has 5 nitrogen and oxygen atoms in total. The highest BCUT2D eigenvalue weighted by Crippen LogP contribution is 2.31. The van der Waals surface area contributed by atoms with Crippen molar-refractivity contribution in [1.82, 2.24) is 10.6 Å². The van der Waals surface area contributed by atoms with Gasteiger partial charge in [-0.05, 0) is 30.7 Å². The summed E-state index contributed by atoms with van der Waals surface area (Å²) in [6.07, 6.45) is 2.77. The summed E-state index contributed by atoms with van der Waals surface area (Å²) in [5.74, 6) is 0.816. The zero-order valence-electron chi connectivity index (χ0n) is 12.6. The summed E-state index contributed by atoms with van der Waals surface area (Å²) < 4.78 is 5.50. The minimum Gasteiger partial charge on any atom is -0.396 e. The van der Waals surface area contributed by atoms with Crippen molar-refractivity contribution in [2.24, 2.45) is 10.4 Å². The quantitative estimate of drug-likeness (QED) is 0.524. The van der Waals surface area contributed by atoms with E-state index in [1.54, 1.807) is 18.4 Å².